The fourth-order valence-electron chi connectivity index (χ4n) is 6.45. The van der Waals surface area contributed by atoms with Crippen LogP contribution >= 0.6 is 15.9 Å². The summed E-state index contributed by atoms with van der Waals surface area (Å²) in [6.45, 7) is 2.99. The lowest BCUT2D eigenvalue weighted by Gasteiger charge is -2.51. The molecule has 4 rings (SSSR count). The predicted molar refractivity (Wildman–Crippen MR) is 169 cm³/mol. The molecular weight excluding hydrogens is 646 g/mol. The molecule has 2 aliphatic rings. The number of amides is 4. The number of imidazole rings is 1. The Kier molecular flexibility index (Phi) is 12.3. The van der Waals surface area contributed by atoms with Crippen molar-refractivity contribution in [1.82, 2.24) is 36.1 Å². The number of aldehydes is 1. The molecule has 0 bridgehead atoms. The minimum atomic E-state index is -1.21. The molecule has 6 N–H and O–H groups in total. The van der Waals surface area contributed by atoms with Crippen LogP contribution in [0.3, 0.4) is 0 Å². The van der Waals surface area contributed by atoms with Crippen molar-refractivity contribution in [3.63, 3.8) is 0 Å². The SMILES string of the molecule is CC(=O)N[C@H](C(=O)NCC(=O)N[C@H]1[C@H]2CCCC[C@@H]2CN(C(=O)c2ccc(Br)cc2)[C@@H]1CN[C@H](C=O)Cc1cnc[nH]1)[C@@H](C)O. The number of carbonyl (C=O) groups excluding carboxylic acids is 5. The minimum absolute atomic E-state index is 0.0889. The van der Waals surface area contributed by atoms with Crippen molar-refractivity contribution < 1.29 is 29.1 Å². The first kappa shape index (κ1) is 34.3. The molecule has 1 aromatic carbocycles. The molecule has 1 aliphatic heterocycles. The van der Waals surface area contributed by atoms with Gasteiger partial charge in [0, 0.05) is 48.4 Å². The van der Waals surface area contributed by atoms with Crippen molar-refractivity contribution >= 4 is 45.8 Å². The number of carbonyl (C=O) groups is 5. The van der Waals surface area contributed by atoms with E-state index in [1.807, 2.05) is 17.0 Å². The van der Waals surface area contributed by atoms with Crippen LogP contribution in [0.5, 0.6) is 0 Å². The number of nitrogens with zero attached hydrogens (tertiary/aromatic N) is 2. The number of hydrogen-bond acceptors (Lipinski definition) is 8. The largest absolute Gasteiger partial charge is 0.391 e. The Labute approximate surface area is 270 Å². The quantitative estimate of drug-likeness (QED) is 0.166. The second kappa shape index (κ2) is 16.1. The van der Waals surface area contributed by atoms with Crippen LogP contribution < -0.4 is 21.3 Å². The molecule has 1 aromatic heterocycles. The number of fused-ring (bicyclic) bond motifs is 1. The number of aromatic amines is 1. The van der Waals surface area contributed by atoms with Gasteiger partial charge in [0.05, 0.1) is 37.1 Å². The molecule has 1 aliphatic carbocycles. The summed E-state index contributed by atoms with van der Waals surface area (Å²) >= 11 is 3.42. The molecule has 7 atom stereocenters. The van der Waals surface area contributed by atoms with E-state index >= 15 is 0 Å². The van der Waals surface area contributed by atoms with Gasteiger partial charge in [-0.2, -0.15) is 0 Å². The van der Waals surface area contributed by atoms with Crippen LogP contribution in [0.25, 0.3) is 0 Å². The van der Waals surface area contributed by atoms with Crippen LogP contribution in [0, 0.1) is 11.8 Å². The Hall–Kier alpha value is -3.62. The van der Waals surface area contributed by atoms with Crippen molar-refractivity contribution in [1.29, 1.82) is 0 Å². The zero-order valence-corrected chi connectivity index (χ0v) is 27.1. The number of aliphatic hydroxyl groups is 1. The predicted octanol–water partition coefficient (Wildman–Crippen LogP) is 0.689. The zero-order chi connectivity index (χ0) is 32.5. The van der Waals surface area contributed by atoms with Crippen LogP contribution in [-0.2, 0) is 25.6 Å². The van der Waals surface area contributed by atoms with E-state index in [9.17, 15) is 29.1 Å². The lowest BCUT2D eigenvalue weighted by molar-refractivity contribution is -0.132. The number of aromatic nitrogens is 2. The first-order chi connectivity index (χ1) is 21.6. The normalized spacial score (nSPS) is 23.2. The number of H-pyrrole nitrogens is 1. The third-order valence-electron chi connectivity index (χ3n) is 8.65. The molecule has 0 spiro atoms. The first-order valence-corrected chi connectivity index (χ1v) is 16.1. The molecule has 0 radical (unpaired) electrons. The van der Waals surface area contributed by atoms with E-state index in [0.29, 0.717) is 18.5 Å². The zero-order valence-electron chi connectivity index (χ0n) is 25.5. The van der Waals surface area contributed by atoms with Gasteiger partial charge in [0.25, 0.3) is 5.91 Å². The number of aliphatic hydroxyl groups excluding tert-OH is 1. The van der Waals surface area contributed by atoms with E-state index in [4.69, 9.17) is 0 Å². The van der Waals surface area contributed by atoms with Crippen molar-refractivity contribution in [3.8, 4) is 0 Å². The standard InChI is InChI=1S/C31H42BrN7O6/c1-18(41)28(37-19(2)42)30(44)35-14-27(43)38-29-25-6-4-3-5-21(25)15-39(31(45)20-7-9-22(32)10-8-20)26(29)13-34-24(16-40)11-23-12-33-17-36-23/h7-10,12,16-18,21,24-26,28-29,34,41H,3-6,11,13-15H2,1-2H3,(H,33,36)(H,35,44)(H,37,42)(H,38,43)/t18-,21-,24+,25+,26-,28+,29+/m1/s1. The monoisotopic (exact) mass is 687 g/mol. The minimum Gasteiger partial charge on any atom is -0.391 e. The summed E-state index contributed by atoms with van der Waals surface area (Å²) in [5, 5.41) is 21.3. The summed E-state index contributed by atoms with van der Waals surface area (Å²) in [6.07, 6.45) is 7.05. The second-order valence-corrected chi connectivity index (χ2v) is 12.8. The van der Waals surface area contributed by atoms with Gasteiger partial charge in [-0.25, -0.2) is 4.98 Å². The average molecular weight is 689 g/mol. The van der Waals surface area contributed by atoms with Gasteiger partial charge in [-0.1, -0.05) is 28.8 Å². The Bertz CT molecular complexity index is 1320. The number of halogens is 1. The summed E-state index contributed by atoms with van der Waals surface area (Å²) < 4.78 is 0.847. The van der Waals surface area contributed by atoms with E-state index in [0.717, 1.165) is 42.1 Å². The van der Waals surface area contributed by atoms with Crippen LogP contribution in [-0.4, -0.2) is 99.8 Å². The molecule has 1 saturated heterocycles. The van der Waals surface area contributed by atoms with Gasteiger partial charge in [0.2, 0.25) is 17.7 Å². The molecule has 2 aromatic rings. The summed E-state index contributed by atoms with van der Waals surface area (Å²) in [5.41, 5.74) is 1.30. The fraction of sp³-hybridized carbons (Fsp3) is 0.548. The molecule has 45 heavy (non-hydrogen) atoms. The highest BCUT2D eigenvalue weighted by Gasteiger charge is 2.46. The lowest BCUT2D eigenvalue weighted by Crippen LogP contribution is -2.67. The fourth-order valence-corrected chi connectivity index (χ4v) is 6.71. The van der Waals surface area contributed by atoms with Crippen molar-refractivity contribution in [2.24, 2.45) is 11.8 Å². The van der Waals surface area contributed by atoms with Gasteiger partial charge in [-0.05, 0) is 55.9 Å². The maximum atomic E-state index is 14.0. The van der Waals surface area contributed by atoms with Gasteiger partial charge < -0.3 is 41.1 Å². The van der Waals surface area contributed by atoms with Crippen molar-refractivity contribution in [3.05, 3.63) is 52.5 Å². The summed E-state index contributed by atoms with van der Waals surface area (Å²) in [6, 6.07) is 4.42. The summed E-state index contributed by atoms with van der Waals surface area (Å²) in [4.78, 5) is 72.5. The molecule has 2 heterocycles. The molecule has 14 heteroatoms. The van der Waals surface area contributed by atoms with Gasteiger partial charge in [0.1, 0.15) is 12.3 Å². The maximum Gasteiger partial charge on any atom is 0.254 e. The van der Waals surface area contributed by atoms with Crippen LogP contribution in [0.4, 0.5) is 0 Å². The first-order valence-electron chi connectivity index (χ1n) is 15.3. The number of nitrogens with one attached hydrogen (secondary N) is 5. The smallest absolute Gasteiger partial charge is 0.254 e. The van der Waals surface area contributed by atoms with E-state index in [1.54, 1.807) is 24.7 Å². The highest BCUT2D eigenvalue weighted by Crippen LogP contribution is 2.39. The van der Waals surface area contributed by atoms with E-state index < -0.39 is 48.0 Å². The molecule has 244 valence electrons. The maximum absolute atomic E-state index is 14.0. The van der Waals surface area contributed by atoms with Crippen LogP contribution in [0.1, 0.15) is 55.6 Å². The van der Waals surface area contributed by atoms with E-state index in [-0.39, 0.29) is 30.8 Å². The second-order valence-electron chi connectivity index (χ2n) is 11.9. The number of rotatable bonds is 13. The number of benzene rings is 1. The molecule has 0 unspecified atom stereocenters. The lowest BCUT2D eigenvalue weighted by atomic mass is 9.69. The highest BCUT2D eigenvalue weighted by atomic mass is 79.9. The van der Waals surface area contributed by atoms with Gasteiger partial charge >= 0.3 is 0 Å². The number of piperidine rings is 1. The van der Waals surface area contributed by atoms with Gasteiger partial charge in [0.15, 0.2) is 0 Å². The van der Waals surface area contributed by atoms with Gasteiger partial charge in [-0.15, -0.1) is 0 Å². The average Bonchev–Trinajstić information content (AvgIpc) is 3.54. The molecule has 1 saturated carbocycles. The Morgan fingerprint density at radius 3 is 2.56 bits per heavy atom. The third kappa shape index (κ3) is 9.21. The number of likely N-dealkylation sites (tertiary alicyclic amines) is 1. The topological polar surface area (TPSA) is 186 Å². The number of hydrogen-bond donors (Lipinski definition) is 6. The van der Waals surface area contributed by atoms with Crippen molar-refractivity contribution in [2.45, 2.75) is 76.2 Å². The molecule has 13 nitrogen and oxygen atoms in total. The Morgan fingerprint density at radius 2 is 1.91 bits per heavy atom. The molecular formula is C31H42BrN7O6. The molecule has 2 fully saturated rings. The van der Waals surface area contributed by atoms with E-state index in [1.165, 1.54) is 13.8 Å². The van der Waals surface area contributed by atoms with Gasteiger partial charge in [-0.3, -0.25) is 19.2 Å². The summed E-state index contributed by atoms with van der Waals surface area (Å²) in [7, 11) is 0. The van der Waals surface area contributed by atoms with Crippen LogP contribution in [0.2, 0.25) is 0 Å². The Balaban J connectivity index is 1.57. The van der Waals surface area contributed by atoms with E-state index in [2.05, 4.69) is 47.2 Å². The van der Waals surface area contributed by atoms with Crippen LogP contribution in [0.15, 0.2) is 41.3 Å². The third-order valence-corrected chi connectivity index (χ3v) is 9.18. The molecule has 4 amide bonds. The summed E-state index contributed by atoms with van der Waals surface area (Å²) in [5.74, 6) is -1.55. The highest BCUT2D eigenvalue weighted by molar-refractivity contribution is 9.10. The Morgan fingerprint density at radius 1 is 1.18 bits per heavy atom. The van der Waals surface area contributed by atoms with Crippen molar-refractivity contribution in [2.75, 3.05) is 19.6 Å².